The van der Waals surface area contributed by atoms with Crippen molar-refractivity contribution in [2.24, 2.45) is 0 Å². The van der Waals surface area contributed by atoms with Crippen LogP contribution in [0.15, 0.2) is 23.8 Å². The molecule has 1 rings (SSSR count). The van der Waals surface area contributed by atoms with Crippen LogP contribution in [-0.4, -0.2) is 22.6 Å². The van der Waals surface area contributed by atoms with Crippen LogP contribution in [0.1, 0.15) is 24.3 Å². The molecule has 1 aromatic heterocycles. The molecule has 0 fully saturated rings. The maximum absolute atomic E-state index is 10.8. The summed E-state index contributed by atoms with van der Waals surface area (Å²) in [6.07, 6.45) is 1.98. The fourth-order valence-electron chi connectivity index (χ4n) is 1.05. The average molecular weight is 241 g/mol. The summed E-state index contributed by atoms with van der Waals surface area (Å²) in [5, 5.41) is 11.9. The minimum absolute atomic E-state index is 0.135. The largest absolute Gasteiger partial charge is 0.476 e. The Morgan fingerprint density at radius 3 is 2.81 bits per heavy atom. The Morgan fingerprint density at radius 2 is 2.25 bits per heavy atom. The predicted octanol–water partition coefficient (Wildman–Crippen LogP) is 2.81. The fraction of sp³-hybridized carbons (Fsp3) is 0.273. The van der Waals surface area contributed by atoms with Crippen molar-refractivity contribution in [3.8, 4) is 0 Å². The number of carbonyl (C=O) groups is 1. The number of hydrogen-bond donors (Lipinski definition) is 2. The highest BCUT2D eigenvalue weighted by Gasteiger charge is 2.10. The van der Waals surface area contributed by atoms with Gasteiger partial charge in [-0.1, -0.05) is 23.3 Å². The summed E-state index contributed by atoms with van der Waals surface area (Å²) in [7, 11) is 0. The van der Waals surface area contributed by atoms with E-state index in [9.17, 15) is 4.79 Å². The number of rotatable bonds is 4. The molecular formula is C11H13ClN2O2. The lowest BCUT2D eigenvalue weighted by Crippen LogP contribution is -2.06. The van der Waals surface area contributed by atoms with Crippen LogP contribution >= 0.6 is 11.6 Å². The Labute approximate surface area is 99.0 Å². The van der Waals surface area contributed by atoms with Crippen molar-refractivity contribution >= 4 is 23.4 Å². The summed E-state index contributed by atoms with van der Waals surface area (Å²) in [5.41, 5.74) is 1.05. The summed E-state index contributed by atoms with van der Waals surface area (Å²) in [6, 6.07) is 3.16. The molecule has 0 aromatic carbocycles. The Morgan fingerprint density at radius 1 is 1.56 bits per heavy atom. The number of halogens is 1. The Balaban J connectivity index is 2.79. The molecule has 5 heteroatoms. The summed E-state index contributed by atoms with van der Waals surface area (Å²) in [5.74, 6) is -0.629. The van der Waals surface area contributed by atoms with Crippen molar-refractivity contribution in [2.75, 3.05) is 11.9 Å². The van der Waals surface area contributed by atoms with Crippen molar-refractivity contribution in [2.45, 2.75) is 13.8 Å². The Bertz CT molecular complexity index is 426. The number of pyridine rings is 1. The second-order valence-corrected chi connectivity index (χ2v) is 3.90. The van der Waals surface area contributed by atoms with E-state index in [-0.39, 0.29) is 10.7 Å². The second kappa shape index (κ2) is 5.51. The predicted molar refractivity (Wildman–Crippen MR) is 64.1 cm³/mol. The van der Waals surface area contributed by atoms with Gasteiger partial charge in [-0.05, 0) is 26.0 Å². The normalized spacial score (nSPS) is 9.69. The molecule has 2 N–H and O–H groups in total. The van der Waals surface area contributed by atoms with Crippen LogP contribution in [0.25, 0.3) is 0 Å². The number of carboxylic acid groups (broad SMARTS) is 1. The van der Waals surface area contributed by atoms with Gasteiger partial charge in [0.15, 0.2) is 5.69 Å². The van der Waals surface area contributed by atoms with Crippen molar-refractivity contribution in [3.63, 3.8) is 0 Å². The lowest BCUT2D eigenvalue weighted by atomic mass is 10.3. The molecule has 86 valence electrons. The minimum atomic E-state index is -1.13. The van der Waals surface area contributed by atoms with Gasteiger partial charge in [0.05, 0.1) is 5.02 Å². The second-order valence-electron chi connectivity index (χ2n) is 3.49. The van der Waals surface area contributed by atoms with Crippen LogP contribution < -0.4 is 5.32 Å². The van der Waals surface area contributed by atoms with E-state index in [1.54, 1.807) is 6.07 Å². The first-order valence-corrected chi connectivity index (χ1v) is 5.15. The molecule has 0 aliphatic heterocycles. The summed E-state index contributed by atoms with van der Waals surface area (Å²) < 4.78 is 0. The number of aromatic carboxylic acids is 1. The van der Waals surface area contributed by atoms with E-state index in [1.165, 1.54) is 11.6 Å². The number of anilines is 1. The highest BCUT2D eigenvalue weighted by molar-refractivity contribution is 6.33. The molecule has 0 saturated carbocycles. The highest BCUT2D eigenvalue weighted by Crippen LogP contribution is 2.16. The maximum Gasteiger partial charge on any atom is 0.356 e. The lowest BCUT2D eigenvalue weighted by molar-refractivity contribution is 0.0691. The molecule has 0 aliphatic rings. The number of allylic oxidation sites excluding steroid dienone is 1. The minimum Gasteiger partial charge on any atom is -0.476 e. The number of nitrogens with one attached hydrogen (secondary N) is 1. The third-order valence-corrected chi connectivity index (χ3v) is 2.15. The topological polar surface area (TPSA) is 62.2 Å². The van der Waals surface area contributed by atoms with E-state index in [0.29, 0.717) is 12.4 Å². The van der Waals surface area contributed by atoms with Crippen LogP contribution in [0.5, 0.6) is 0 Å². The van der Waals surface area contributed by atoms with E-state index >= 15 is 0 Å². The van der Waals surface area contributed by atoms with Gasteiger partial charge in [-0.3, -0.25) is 0 Å². The molecule has 0 saturated heterocycles. The zero-order chi connectivity index (χ0) is 12.1. The molecule has 0 spiro atoms. The van der Waals surface area contributed by atoms with Gasteiger partial charge in [0.2, 0.25) is 0 Å². The smallest absolute Gasteiger partial charge is 0.356 e. The van der Waals surface area contributed by atoms with Crippen molar-refractivity contribution in [3.05, 3.63) is 34.5 Å². The standard InChI is InChI=1S/C11H13ClN2O2/c1-7(2)5-6-13-9-4-3-8(12)10(14-9)11(15)16/h3-5H,6H2,1-2H3,(H,13,14)(H,15,16). The molecule has 0 unspecified atom stereocenters. The van der Waals surface area contributed by atoms with Crippen molar-refractivity contribution in [1.29, 1.82) is 0 Å². The maximum atomic E-state index is 10.8. The third-order valence-electron chi connectivity index (χ3n) is 1.84. The molecule has 0 amide bonds. The summed E-state index contributed by atoms with van der Waals surface area (Å²) in [6.45, 7) is 4.58. The first kappa shape index (κ1) is 12.5. The SMILES string of the molecule is CC(C)=CCNc1ccc(Cl)c(C(=O)O)n1. The van der Waals surface area contributed by atoms with Crippen molar-refractivity contribution < 1.29 is 9.90 Å². The van der Waals surface area contributed by atoms with Crippen LogP contribution in [0, 0.1) is 0 Å². The van der Waals surface area contributed by atoms with E-state index < -0.39 is 5.97 Å². The molecular weight excluding hydrogens is 228 g/mol. The quantitative estimate of drug-likeness (QED) is 0.795. The molecule has 16 heavy (non-hydrogen) atoms. The Hall–Kier alpha value is -1.55. The summed E-state index contributed by atoms with van der Waals surface area (Å²) in [4.78, 5) is 14.7. The van der Waals surface area contributed by atoms with Gasteiger partial charge in [0.1, 0.15) is 5.82 Å². The van der Waals surface area contributed by atoms with Crippen LogP contribution in [0.3, 0.4) is 0 Å². The Kier molecular flexibility index (Phi) is 4.31. The van der Waals surface area contributed by atoms with E-state index in [0.717, 1.165) is 0 Å². The van der Waals surface area contributed by atoms with Gasteiger partial charge in [0.25, 0.3) is 0 Å². The zero-order valence-corrected chi connectivity index (χ0v) is 9.88. The zero-order valence-electron chi connectivity index (χ0n) is 9.12. The third kappa shape index (κ3) is 3.55. The number of hydrogen-bond acceptors (Lipinski definition) is 3. The van der Waals surface area contributed by atoms with Gasteiger partial charge in [0, 0.05) is 6.54 Å². The summed E-state index contributed by atoms with van der Waals surface area (Å²) >= 11 is 5.69. The van der Waals surface area contributed by atoms with Gasteiger partial charge >= 0.3 is 5.97 Å². The van der Waals surface area contributed by atoms with Gasteiger partial charge in [-0.2, -0.15) is 0 Å². The molecule has 0 atom stereocenters. The molecule has 1 heterocycles. The number of aromatic nitrogens is 1. The van der Waals surface area contributed by atoms with Gasteiger partial charge in [-0.15, -0.1) is 0 Å². The molecule has 1 aromatic rings. The van der Waals surface area contributed by atoms with Crippen LogP contribution in [0.2, 0.25) is 5.02 Å². The van der Waals surface area contributed by atoms with E-state index in [2.05, 4.69) is 10.3 Å². The monoisotopic (exact) mass is 240 g/mol. The van der Waals surface area contributed by atoms with Gasteiger partial charge in [-0.25, -0.2) is 9.78 Å². The van der Waals surface area contributed by atoms with E-state index in [4.69, 9.17) is 16.7 Å². The molecule has 4 nitrogen and oxygen atoms in total. The molecule has 0 aliphatic carbocycles. The lowest BCUT2D eigenvalue weighted by Gasteiger charge is -2.04. The van der Waals surface area contributed by atoms with E-state index in [1.807, 2.05) is 19.9 Å². The number of nitrogens with zero attached hydrogens (tertiary/aromatic N) is 1. The molecule has 0 bridgehead atoms. The van der Waals surface area contributed by atoms with Crippen molar-refractivity contribution in [1.82, 2.24) is 4.98 Å². The molecule has 0 radical (unpaired) electrons. The number of carboxylic acids is 1. The van der Waals surface area contributed by atoms with Crippen LogP contribution in [0.4, 0.5) is 5.82 Å². The highest BCUT2D eigenvalue weighted by atomic mass is 35.5. The van der Waals surface area contributed by atoms with Crippen LogP contribution in [-0.2, 0) is 0 Å². The average Bonchev–Trinajstić information content (AvgIpc) is 2.19. The first-order chi connectivity index (χ1) is 7.50. The first-order valence-electron chi connectivity index (χ1n) is 4.78. The fourth-order valence-corrected chi connectivity index (χ4v) is 1.24. The van der Waals surface area contributed by atoms with Gasteiger partial charge < -0.3 is 10.4 Å².